The Bertz CT molecular complexity index is 486. The van der Waals surface area contributed by atoms with Crippen molar-refractivity contribution in [1.29, 1.82) is 0 Å². The van der Waals surface area contributed by atoms with Crippen molar-refractivity contribution in [3.05, 3.63) is 29.3 Å². The van der Waals surface area contributed by atoms with Gasteiger partial charge in [-0.2, -0.15) is 0 Å². The molecule has 20 heavy (non-hydrogen) atoms. The molecule has 0 heterocycles. The second-order valence-electron chi connectivity index (χ2n) is 4.80. The number of anilines is 1. The minimum absolute atomic E-state index is 0.109. The van der Waals surface area contributed by atoms with Crippen LogP contribution in [0.2, 0.25) is 0 Å². The molecular formula is C15H23N3O2. The topological polar surface area (TPSA) is 70.2 Å². The van der Waals surface area contributed by atoms with Crippen molar-refractivity contribution in [2.24, 2.45) is 0 Å². The SMILES string of the molecule is CCC(C)NCC(=O)Nc1cccc(C(=O)NC)c1C. The van der Waals surface area contributed by atoms with Gasteiger partial charge in [-0.15, -0.1) is 0 Å². The Morgan fingerprint density at radius 3 is 2.60 bits per heavy atom. The second-order valence-corrected chi connectivity index (χ2v) is 4.80. The van der Waals surface area contributed by atoms with Crippen LogP contribution in [-0.4, -0.2) is 31.4 Å². The zero-order chi connectivity index (χ0) is 15.1. The molecule has 5 heteroatoms. The van der Waals surface area contributed by atoms with Gasteiger partial charge in [0, 0.05) is 24.3 Å². The van der Waals surface area contributed by atoms with Crippen LogP contribution in [0, 0.1) is 6.92 Å². The van der Waals surface area contributed by atoms with Crippen LogP contribution in [-0.2, 0) is 4.79 Å². The molecule has 0 aliphatic heterocycles. The molecule has 110 valence electrons. The molecule has 0 saturated heterocycles. The van der Waals surface area contributed by atoms with Crippen molar-refractivity contribution in [2.75, 3.05) is 18.9 Å². The molecule has 0 aliphatic carbocycles. The smallest absolute Gasteiger partial charge is 0.251 e. The van der Waals surface area contributed by atoms with Gasteiger partial charge in [-0.05, 0) is 38.0 Å². The van der Waals surface area contributed by atoms with Gasteiger partial charge in [-0.25, -0.2) is 0 Å². The number of carbonyl (C=O) groups is 2. The Hall–Kier alpha value is -1.88. The minimum atomic E-state index is -0.156. The van der Waals surface area contributed by atoms with Crippen LogP contribution < -0.4 is 16.0 Å². The van der Waals surface area contributed by atoms with Crippen molar-refractivity contribution in [2.45, 2.75) is 33.2 Å². The van der Waals surface area contributed by atoms with Crippen molar-refractivity contribution in [3.8, 4) is 0 Å². The highest BCUT2D eigenvalue weighted by atomic mass is 16.2. The largest absolute Gasteiger partial charge is 0.355 e. The Labute approximate surface area is 120 Å². The highest BCUT2D eigenvalue weighted by Crippen LogP contribution is 2.18. The lowest BCUT2D eigenvalue weighted by Crippen LogP contribution is -2.34. The summed E-state index contributed by atoms with van der Waals surface area (Å²) in [7, 11) is 1.59. The minimum Gasteiger partial charge on any atom is -0.355 e. The Morgan fingerprint density at radius 1 is 1.30 bits per heavy atom. The summed E-state index contributed by atoms with van der Waals surface area (Å²) in [6.07, 6.45) is 0.971. The molecule has 3 N–H and O–H groups in total. The number of hydrogen-bond acceptors (Lipinski definition) is 3. The predicted octanol–water partition coefficient (Wildman–Crippen LogP) is 1.68. The molecule has 0 spiro atoms. The van der Waals surface area contributed by atoms with Crippen LogP contribution in [0.4, 0.5) is 5.69 Å². The van der Waals surface area contributed by atoms with Gasteiger partial charge in [0.15, 0.2) is 0 Å². The average Bonchev–Trinajstić information content (AvgIpc) is 2.46. The molecule has 1 atom stereocenters. The monoisotopic (exact) mass is 277 g/mol. The lowest BCUT2D eigenvalue weighted by molar-refractivity contribution is -0.115. The molecule has 0 radical (unpaired) electrons. The molecule has 0 aliphatic rings. The van der Waals surface area contributed by atoms with Crippen LogP contribution in [0.3, 0.4) is 0 Å². The summed E-state index contributed by atoms with van der Waals surface area (Å²) in [5.74, 6) is -0.265. The highest BCUT2D eigenvalue weighted by molar-refractivity contribution is 5.99. The lowest BCUT2D eigenvalue weighted by Gasteiger charge is -2.14. The molecule has 5 nitrogen and oxygen atoms in total. The molecular weight excluding hydrogens is 254 g/mol. The number of hydrogen-bond donors (Lipinski definition) is 3. The number of amides is 2. The third-order valence-corrected chi connectivity index (χ3v) is 3.30. The first-order valence-corrected chi connectivity index (χ1v) is 6.84. The number of nitrogens with one attached hydrogen (secondary N) is 3. The third-order valence-electron chi connectivity index (χ3n) is 3.30. The van der Waals surface area contributed by atoms with Crippen molar-refractivity contribution >= 4 is 17.5 Å². The van der Waals surface area contributed by atoms with E-state index in [2.05, 4.69) is 22.9 Å². The summed E-state index contributed by atoms with van der Waals surface area (Å²) >= 11 is 0. The van der Waals surface area contributed by atoms with Gasteiger partial charge in [-0.3, -0.25) is 9.59 Å². The Kier molecular flexibility index (Phi) is 6.18. The molecule has 1 rings (SSSR count). The van der Waals surface area contributed by atoms with Crippen LogP contribution in [0.15, 0.2) is 18.2 Å². The standard InChI is InChI=1S/C15H23N3O2/c1-5-10(2)17-9-14(19)18-13-8-6-7-12(11(13)3)15(20)16-4/h6-8,10,17H,5,9H2,1-4H3,(H,16,20)(H,18,19). The first-order chi connectivity index (χ1) is 9.49. The molecule has 0 aromatic heterocycles. The van der Waals surface area contributed by atoms with Gasteiger partial charge in [0.05, 0.1) is 6.54 Å². The summed E-state index contributed by atoms with van der Waals surface area (Å²) in [5.41, 5.74) is 2.01. The summed E-state index contributed by atoms with van der Waals surface area (Å²) in [5, 5.41) is 8.54. The van der Waals surface area contributed by atoms with Crippen LogP contribution >= 0.6 is 0 Å². The van der Waals surface area contributed by atoms with E-state index in [9.17, 15) is 9.59 Å². The van der Waals surface area contributed by atoms with Crippen molar-refractivity contribution < 1.29 is 9.59 Å². The fourth-order valence-corrected chi connectivity index (χ4v) is 1.76. The number of carbonyl (C=O) groups excluding carboxylic acids is 2. The maximum Gasteiger partial charge on any atom is 0.251 e. The summed E-state index contributed by atoms with van der Waals surface area (Å²) in [6.45, 7) is 6.18. The van der Waals surface area contributed by atoms with E-state index in [1.54, 1.807) is 25.2 Å². The fraction of sp³-hybridized carbons (Fsp3) is 0.467. The van der Waals surface area contributed by atoms with Crippen LogP contribution in [0.5, 0.6) is 0 Å². The number of rotatable bonds is 6. The van der Waals surface area contributed by atoms with Gasteiger partial charge in [0.25, 0.3) is 5.91 Å². The Balaban J connectivity index is 2.73. The first-order valence-electron chi connectivity index (χ1n) is 6.84. The summed E-state index contributed by atoms with van der Waals surface area (Å²) < 4.78 is 0. The number of benzene rings is 1. The van der Waals surface area contributed by atoms with Gasteiger partial charge >= 0.3 is 0 Å². The Morgan fingerprint density at radius 2 is 2.00 bits per heavy atom. The van der Waals surface area contributed by atoms with Gasteiger partial charge < -0.3 is 16.0 Å². The van der Waals surface area contributed by atoms with Crippen LogP contribution in [0.1, 0.15) is 36.2 Å². The van der Waals surface area contributed by atoms with Gasteiger partial charge in [-0.1, -0.05) is 13.0 Å². The van der Waals surface area contributed by atoms with Crippen LogP contribution in [0.25, 0.3) is 0 Å². The average molecular weight is 277 g/mol. The summed E-state index contributed by atoms with van der Waals surface area (Å²) in [4.78, 5) is 23.6. The van der Waals surface area contributed by atoms with E-state index in [1.807, 2.05) is 13.8 Å². The highest BCUT2D eigenvalue weighted by Gasteiger charge is 2.12. The predicted molar refractivity (Wildman–Crippen MR) is 81.0 cm³/mol. The van der Waals surface area contributed by atoms with E-state index < -0.39 is 0 Å². The van der Waals surface area contributed by atoms with E-state index in [-0.39, 0.29) is 18.4 Å². The fourth-order valence-electron chi connectivity index (χ4n) is 1.76. The quantitative estimate of drug-likeness (QED) is 0.741. The van der Waals surface area contributed by atoms with Gasteiger partial charge in [0.2, 0.25) is 5.91 Å². The normalized spacial score (nSPS) is 11.8. The van der Waals surface area contributed by atoms with Gasteiger partial charge in [0.1, 0.15) is 0 Å². The second kappa shape index (κ2) is 7.65. The molecule has 2 amide bonds. The third kappa shape index (κ3) is 4.35. The molecule has 0 fully saturated rings. The molecule has 0 saturated carbocycles. The van der Waals surface area contributed by atoms with E-state index in [1.165, 1.54) is 0 Å². The van der Waals surface area contributed by atoms with E-state index in [0.29, 0.717) is 17.3 Å². The maximum absolute atomic E-state index is 11.9. The molecule has 0 bridgehead atoms. The molecule has 1 aromatic rings. The van der Waals surface area contributed by atoms with E-state index in [0.717, 1.165) is 12.0 Å². The summed E-state index contributed by atoms with van der Waals surface area (Å²) in [6, 6.07) is 5.60. The zero-order valence-electron chi connectivity index (χ0n) is 12.5. The molecule has 1 aromatic carbocycles. The maximum atomic E-state index is 11.9. The van der Waals surface area contributed by atoms with Crippen molar-refractivity contribution in [3.63, 3.8) is 0 Å². The zero-order valence-corrected chi connectivity index (χ0v) is 12.5. The van der Waals surface area contributed by atoms with Crippen molar-refractivity contribution in [1.82, 2.24) is 10.6 Å². The molecule has 1 unspecified atom stereocenters. The lowest BCUT2D eigenvalue weighted by atomic mass is 10.1. The van der Waals surface area contributed by atoms with E-state index in [4.69, 9.17) is 0 Å². The van der Waals surface area contributed by atoms with E-state index >= 15 is 0 Å². The first kappa shape index (κ1) is 16.2.